The lowest BCUT2D eigenvalue weighted by atomic mass is 10.0. The lowest BCUT2D eigenvalue weighted by Crippen LogP contribution is -2.46. The number of rotatable bonds is 4. The highest BCUT2D eigenvalue weighted by Crippen LogP contribution is 2.13. The van der Waals surface area contributed by atoms with Crippen molar-refractivity contribution in [2.75, 3.05) is 7.11 Å². The number of Topliss-reactive ketones (excluding diaryl/α,β-unsaturated/α-hetero) is 1. The van der Waals surface area contributed by atoms with Crippen molar-refractivity contribution in [3.05, 3.63) is 34.9 Å². The molecular weight excluding hydrogens is 258 g/mol. The molecule has 0 radical (unpaired) electrons. The van der Waals surface area contributed by atoms with Crippen molar-refractivity contribution < 1.29 is 19.1 Å². The quantitative estimate of drug-likeness (QED) is 0.506. The Kier molecular flexibility index (Phi) is 4.85. The second kappa shape index (κ2) is 6.16. The summed E-state index contributed by atoms with van der Waals surface area (Å²) in [7, 11) is 1.14. The summed E-state index contributed by atoms with van der Waals surface area (Å²) in [6.07, 6.45) is 0. The van der Waals surface area contributed by atoms with Crippen molar-refractivity contribution in [1.82, 2.24) is 5.32 Å². The molecule has 18 heavy (non-hydrogen) atoms. The minimum Gasteiger partial charge on any atom is -0.467 e. The maximum Gasteiger partial charge on any atom is 0.336 e. The summed E-state index contributed by atoms with van der Waals surface area (Å²) in [6, 6.07) is 4.75. The van der Waals surface area contributed by atoms with E-state index in [2.05, 4.69) is 10.1 Å². The third-order valence-electron chi connectivity index (χ3n) is 2.16. The molecular formula is C12H12ClNO4. The van der Waals surface area contributed by atoms with Gasteiger partial charge in [-0.05, 0) is 12.1 Å². The molecule has 0 saturated heterocycles. The first kappa shape index (κ1) is 14.2. The van der Waals surface area contributed by atoms with Gasteiger partial charge in [0.15, 0.2) is 11.8 Å². The Morgan fingerprint density at radius 3 is 2.50 bits per heavy atom. The number of amides is 1. The molecule has 1 N–H and O–H groups in total. The Morgan fingerprint density at radius 1 is 1.33 bits per heavy atom. The van der Waals surface area contributed by atoms with Crippen LogP contribution in [0.2, 0.25) is 5.02 Å². The van der Waals surface area contributed by atoms with Gasteiger partial charge < -0.3 is 10.1 Å². The molecule has 1 aromatic rings. The number of carbonyl (C=O) groups is 3. The second-order valence-electron chi connectivity index (χ2n) is 3.53. The maximum absolute atomic E-state index is 12.1. The van der Waals surface area contributed by atoms with Gasteiger partial charge in [0.2, 0.25) is 5.91 Å². The zero-order valence-electron chi connectivity index (χ0n) is 9.90. The Hall–Kier alpha value is -1.88. The van der Waals surface area contributed by atoms with Crippen LogP contribution in [-0.2, 0) is 14.3 Å². The predicted molar refractivity (Wildman–Crippen MR) is 65.4 cm³/mol. The van der Waals surface area contributed by atoms with Gasteiger partial charge in [-0.25, -0.2) is 4.79 Å². The van der Waals surface area contributed by atoms with E-state index in [1.807, 2.05) is 0 Å². The molecule has 0 aliphatic carbocycles. The van der Waals surface area contributed by atoms with Gasteiger partial charge in [-0.1, -0.05) is 23.7 Å². The van der Waals surface area contributed by atoms with E-state index >= 15 is 0 Å². The number of halogens is 1. The third-order valence-corrected chi connectivity index (χ3v) is 2.39. The van der Waals surface area contributed by atoms with Crippen LogP contribution in [0.5, 0.6) is 0 Å². The first-order valence-corrected chi connectivity index (χ1v) is 5.48. The fourth-order valence-electron chi connectivity index (χ4n) is 1.36. The SMILES string of the molecule is COC(=O)C(NC(C)=O)C(=O)c1cccc(Cl)c1. The van der Waals surface area contributed by atoms with Gasteiger partial charge in [0.05, 0.1) is 7.11 Å². The Balaban J connectivity index is 3.02. The predicted octanol–water partition coefficient (Wildman–Crippen LogP) is 1.20. The number of ether oxygens (including phenoxy) is 1. The molecule has 1 amide bonds. The molecule has 0 fully saturated rings. The van der Waals surface area contributed by atoms with Crippen molar-refractivity contribution in [3.63, 3.8) is 0 Å². The molecule has 96 valence electrons. The molecule has 1 atom stereocenters. The molecule has 0 heterocycles. The first-order valence-electron chi connectivity index (χ1n) is 5.10. The fraction of sp³-hybridized carbons (Fsp3) is 0.250. The van der Waals surface area contributed by atoms with Gasteiger partial charge in [0.25, 0.3) is 0 Å². The number of esters is 1. The van der Waals surface area contributed by atoms with E-state index in [0.29, 0.717) is 5.02 Å². The van der Waals surface area contributed by atoms with E-state index < -0.39 is 23.7 Å². The van der Waals surface area contributed by atoms with E-state index in [-0.39, 0.29) is 5.56 Å². The van der Waals surface area contributed by atoms with Gasteiger partial charge in [-0.2, -0.15) is 0 Å². The molecule has 1 rings (SSSR count). The smallest absolute Gasteiger partial charge is 0.336 e. The van der Waals surface area contributed by atoms with E-state index in [1.165, 1.54) is 19.1 Å². The van der Waals surface area contributed by atoms with Gasteiger partial charge in [0, 0.05) is 17.5 Å². The highest BCUT2D eigenvalue weighted by Gasteiger charge is 2.29. The summed E-state index contributed by atoms with van der Waals surface area (Å²) in [5, 5.41) is 2.61. The van der Waals surface area contributed by atoms with Crippen molar-refractivity contribution in [3.8, 4) is 0 Å². The molecule has 1 unspecified atom stereocenters. The van der Waals surface area contributed by atoms with Crippen LogP contribution in [0.4, 0.5) is 0 Å². The van der Waals surface area contributed by atoms with Crippen LogP contribution in [0.15, 0.2) is 24.3 Å². The molecule has 0 aliphatic heterocycles. The molecule has 0 bridgehead atoms. The number of carbonyl (C=O) groups excluding carboxylic acids is 3. The number of hydrogen-bond donors (Lipinski definition) is 1. The van der Waals surface area contributed by atoms with Crippen molar-refractivity contribution in [1.29, 1.82) is 0 Å². The van der Waals surface area contributed by atoms with Crippen LogP contribution >= 0.6 is 11.6 Å². The van der Waals surface area contributed by atoms with E-state index in [1.54, 1.807) is 12.1 Å². The summed E-state index contributed by atoms with van der Waals surface area (Å²) in [5.74, 6) is -1.89. The zero-order chi connectivity index (χ0) is 13.7. The monoisotopic (exact) mass is 269 g/mol. The molecule has 5 nitrogen and oxygen atoms in total. The molecule has 0 aromatic heterocycles. The van der Waals surface area contributed by atoms with Crippen molar-refractivity contribution in [2.24, 2.45) is 0 Å². The summed E-state index contributed by atoms with van der Waals surface area (Å²) in [6.45, 7) is 1.21. The number of nitrogens with one attached hydrogen (secondary N) is 1. The Bertz CT molecular complexity index is 487. The minimum absolute atomic E-state index is 0.228. The average Bonchev–Trinajstić information content (AvgIpc) is 2.34. The normalized spacial score (nSPS) is 11.5. The topological polar surface area (TPSA) is 72.5 Å². The summed E-state index contributed by atoms with van der Waals surface area (Å²) >= 11 is 5.76. The summed E-state index contributed by atoms with van der Waals surface area (Å²) < 4.78 is 4.48. The van der Waals surface area contributed by atoms with Crippen molar-refractivity contribution >= 4 is 29.3 Å². The molecule has 6 heteroatoms. The highest BCUT2D eigenvalue weighted by molar-refractivity contribution is 6.31. The second-order valence-corrected chi connectivity index (χ2v) is 3.97. The van der Waals surface area contributed by atoms with Crippen LogP contribution in [0.1, 0.15) is 17.3 Å². The van der Waals surface area contributed by atoms with E-state index in [4.69, 9.17) is 11.6 Å². The Labute approximate surface area is 109 Å². The van der Waals surface area contributed by atoms with Crippen molar-refractivity contribution in [2.45, 2.75) is 13.0 Å². The zero-order valence-corrected chi connectivity index (χ0v) is 10.7. The highest BCUT2D eigenvalue weighted by atomic mass is 35.5. The van der Waals surface area contributed by atoms with Crippen LogP contribution in [0.3, 0.4) is 0 Å². The number of benzene rings is 1. The average molecular weight is 270 g/mol. The van der Waals surface area contributed by atoms with Gasteiger partial charge in [-0.3, -0.25) is 9.59 Å². The van der Waals surface area contributed by atoms with Crippen LogP contribution in [-0.4, -0.2) is 30.8 Å². The van der Waals surface area contributed by atoms with E-state index in [9.17, 15) is 14.4 Å². The van der Waals surface area contributed by atoms with Gasteiger partial charge in [-0.15, -0.1) is 0 Å². The molecule has 0 saturated carbocycles. The van der Waals surface area contributed by atoms with Crippen LogP contribution < -0.4 is 5.32 Å². The van der Waals surface area contributed by atoms with Crippen LogP contribution in [0.25, 0.3) is 0 Å². The van der Waals surface area contributed by atoms with Gasteiger partial charge in [0.1, 0.15) is 0 Å². The third kappa shape index (κ3) is 3.56. The van der Waals surface area contributed by atoms with Gasteiger partial charge >= 0.3 is 5.97 Å². The van der Waals surface area contributed by atoms with Crippen LogP contribution in [0, 0.1) is 0 Å². The largest absolute Gasteiger partial charge is 0.467 e. The molecule has 0 spiro atoms. The Morgan fingerprint density at radius 2 is 2.00 bits per heavy atom. The number of ketones is 1. The lowest BCUT2D eigenvalue weighted by Gasteiger charge is -2.14. The fourth-order valence-corrected chi connectivity index (χ4v) is 1.55. The minimum atomic E-state index is -1.36. The molecule has 0 aliphatic rings. The maximum atomic E-state index is 12.1. The first-order chi connectivity index (χ1) is 8.45. The standard InChI is InChI=1S/C12H12ClNO4/c1-7(15)14-10(12(17)18-2)11(16)8-4-3-5-9(13)6-8/h3-6,10H,1-2H3,(H,14,15). The van der Waals surface area contributed by atoms with E-state index in [0.717, 1.165) is 7.11 Å². The number of hydrogen-bond acceptors (Lipinski definition) is 4. The summed E-state index contributed by atoms with van der Waals surface area (Å²) in [4.78, 5) is 34.5. The summed E-state index contributed by atoms with van der Waals surface area (Å²) in [5.41, 5.74) is 0.228. The number of methoxy groups -OCH3 is 1. The molecule has 1 aromatic carbocycles. The lowest BCUT2D eigenvalue weighted by molar-refractivity contribution is -0.143.